The van der Waals surface area contributed by atoms with E-state index in [4.69, 9.17) is 4.74 Å². The quantitative estimate of drug-likeness (QED) is 0.448. The molecule has 0 aliphatic rings. The average Bonchev–Trinajstić information content (AvgIpc) is 2.24. The maximum atomic E-state index is 10.8. The summed E-state index contributed by atoms with van der Waals surface area (Å²) in [6.07, 6.45) is -2.48. The Morgan fingerprint density at radius 3 is 1.05 bits per heavy atom. The van der Waals surface area contributed by atoms with Crippen molar-refractivity contribution in [2.45, 2.75) is 40.3 Å². The molecule has 0 aromatic rings. The van der Waals surface area contributed by atoms with Gasteiger partial charge in [-0.05, 0) is 0 Å². The van der Waals surface area contributed by atoms with Gasteiger partial charge in [-0.25, -0.2) is 0 Å². The molecule has 0 saturated heterocycles. The lowest BCUT2D eigenvalue weighted by Gasteiger charge is -2.19. The van der Waals surface area contributed by atoms with E-state index in [1.54, 1.807) is 0 Å². The van der Waals surface area contributed by atoms with E-state index in [9.17, 15) is 19.2 Å². The number of esters is 4. The summed E-state index contributed by atoms with van der Waals surface area (Å²) in [7, 11) is 0. The Balaban J connectivity index is 4.34. The maximum Gasteiger partial charge on any atom is 0.305 e. The Morgan fingerprint density at radius 2 is 0.857 bits per heavy atom. The summed E-state index contributed by atoms with van der Waals surface area (Å²) in [6, 6.07) is 0. The molecular formula is C12H18O9. The number of hydrogen-bond donors (Lipinski definition) is 0. The van der Waals surface area contributed by atoms with E-state index in [2.05, 4.69) is 18.9 Å². The fraction of sp³-hybridized carbons (Fsp3) is 0.667. The molecule has 0 saturated carbocycles. The molecule has 9 heteroatoms. The van der Waals surface area contributed by atoms with Crippen LogP contribution in [0.3, 0.4) is 0 Å². The predicted octanol–water partition coefficient (Wildman–Crippen LogP) is -0.0924. The second kappa shape index (κ2) is 9.70. The van der Waals surface area contributed by atoms with Crippen LogP contribution >= 0.6 is 0 Å². The first-order valence-electron chi connectivity index (χ1n) is 5.97. The van der Waals surface area contributed by atoms with E-state index in [-0.39, 0.29) is 13.2 Å². The Morgan fingerprint density at radius 1 is 0.619 bits per heavy atom. The van der Waals surface area contributed by atoms with E-state index >= 15 is 0 Å². The first kappa shape index (κ1) is 18.8. The van der Waals surface area contributed by atoms with Gasteiger partial charge in [0, 0.05) is 27.7 Å². The molecule has 0 atom stereocenters. The molecule has 0 unspecified atom stereocenters. The molecule has 0 radical (unpaired) electrons. The van der Waals surface area contributed by atoms with Gasteiger partial charge in [-0.1, -0.05) is 0 Å². The van der Waals surface area contributed by atoms with Crippen LogP contribution in [-0.4, -0.2) is 49.7 Å². The monoisotopic (exact) mass is 306 g/mol. The van der Waals surface area contributed by atoms with Crippen molar-refractivity contribution in [1.29, 1.82) is 0 Å². The third kappa shape index (κ3) is 11.4. The van der Waals surface area contributed by atoms with Gasteiger partial charge in [-0.3, -0.25) is 19.2 Å². The van der Waals surface area contributed by atoms with Gasteiger partial charge in [0.1, 0.15) is 13.2 Å². The highest BCUT2D eigenvalue weighted by Crippen LogP contribution is 2.02. The highest BCUT2D eigenvalue weighted by molar-refractivity contribution is 5.68. The van der Waals surface area contributed by atoms with Gasteiger partial charge < -0.3 is 23.7 Å². The standard InChI is InChI=1S/C12H18O9/c1-7(13)18-11(19-8(2)14)5-17-6-12(20-9(3)15)21-10(4)16/h11-12H,5-6H2,1-4H3. The zero-order valence-electron chi connectivity index (χ0n) is 12.2. The summed E-state index contributed by atoms with van der Waals surface area (Å²) in [6.45, 7) is 3.93. The Labute approximate surface area is 121 Å². The normalized spacial score (nSPS) is 10.2. The summed E-state index contributed by atoms with van der Waals surface area (Å²) in [5.41, 5.74) is 0. The van der Waals surface area contributed by atoms with Gasteiger partial charge in [-0.15, -0.1) is 0 Å². The predicted molar refractivity (Wildman–Crippen MR) is 65.5 cm³/mol. The number of hydrogen-bond acceptors (Lipinski definition) is 9. The van der Waals surface area contributed by atoms with Crippen LogP contribution in [0.15, 0.2) is 0 Å². The molecule has 0 aliphatic carbocycles. The van der Waals surface area contributed by atoms with Crippen LogP contribution in [0.5, 0.6) is 0 Å². The van der Waals surface area contributed by atoms with Crippen molar-refractivity contribution in [2.75, 3.05) is 13.2 Å². The summed E-state index contributed by atoms with van der Waals surface area (Å²) >= 11 is 0. The second-order valence-corrected chi connectivity index (χ2v) is 3.83. The van der Waals surface area contributed by atoms with Crippen molar-refractivity contribution < 1.29 is 42.9 Å². The van der Waals surface area contributed by atoms with Crippen molar-refractivity contribution in [3.8, 4) is 0 Å². The lowest BCUT2D eigenvalue weighted by atomic mass is 10.6. The van der Waals surface area contributed by atoms with Gasteiger partial charge >= 0.3 is 23.9 Å². The maximum absolute atomic E-state index is 10.8. The molecule has 0 rings (SSSR count). The third-order valence-electron chi connectivity index (χ3n) is 1.70. The van der Waals surface area contributed by atoms with Gasteiger partial charge in [-0.2, -0.15) is 0 Å². The number of ether oxygens (including phenoxy) is 5. The molecular weight excluding hydrogens is 288 g/mol. The zero-order chi connectivity index (χ0) is 16.4. The second-order valence-electron chi connectivity index (χ2n) is 3.83. The molecule has 0 N–H and O–H groups in total. The molecule has 0 bridgehead atoms. The molecule has 0 heterocycles. The zero-order valence-corrected chi connectivity index (χ0v) is 12.2. The first-order chi connectivity index (χ1) is 9.70. The first-order valence-corrected chi connectivity index (χ1v) is 5.97. The largest absolute Gasteiger partial charge is 0.423 e. The lowest BCUT2D eigenvalue weighted by molar-refractivity contribution is -0.208. The van der Waals surface area contributed by atoms with E-state index in [0.717, 1.165) is 27.7 Å². The summed E-state index contributed by atoms with van der Waals surface area (Å²) in [5, 5.41) is 0. The number of carbonyl (C=O) groups excluding carboxylic acids is 4. The molecule has 0 aromatic heterocycles. The molecule has 0 aromatic carbocycles. The average molecular weight is 306 g/mol. The van der Waals surface area contributed by atoms with E-state index in [1.807, 2.05) is 0 Å². The Bertz CT molecular complexity index is 322. The van der Waals surface area contributed by atoms with Crippen LogP contribution in [0.2, 0.25) is 0 Å². The van der Waals surface area contributed by atoms with Crippen LogP contribution in [-0.2, 0) is 42.9 Å². The van der Waals surface area contributed by atoms with Crippen molar-refractivity contribution in [2.24, 2.45) is 0 Å². The minimum absolute atomic E-state index is 0.307. The summed E-state index contributed by atoms with van der Waals surface area (Å²) < 4.78 is 23.8. The third-order valence-corrected chi connectivity index (χ3v) is 1.70. The number of carbonyl (C=O) groups is 4. The highest BCUT2D eigenvalue weighted by Gasteiger charge is 2.19. The molecule has 0 spiro atoms. The van der Waals surface area contributed by atoms with E-state index in [1.165, 1.54) is 0 Å². The molecule has 0 aliphatic heterocycles. The van der Waals surface area contributed by atoms with Crippen LogP contribution < -0.4 is 0 Å². The van der Waals surface area contributed by atoms with Crippen LogP contribution in [0, 0.1) is 0 Å². The number of rotatable bonds is 8. The van der Waals surface area contributed by atoms with Gasteiger partial charge in [0.15, 0.2) is 0 Å². The molecule has 21 heavy (non-hydrogen) atoms. The SMILES string of the molecule is CC(=O)OC(COCC(OC(C)=O)OC(C)=O)OC(C)=O. The molecule has 0 fully saturated rings. The molecule has 120 valence electrons. The van der Waals surface area contributed by atoms with Crippen molar-refractivity contribution >= 4 is 23.9 Å². The van der Waals surface area contributed by atoms with Gasteiger partial charge in [0.25, 0.3) is 12.6 Å². The van der Waals surface area contributed by atoms with Crippen LogP contribution in [0.25, 0.3) is 0 Å². The fourth-order valence-corrected chi connectivity index (χ4v) is 1.19. The lowest BCUT2D eigenvalue weighted by Crippen LogP contribution is -2.32. The van der Waals surface area contributed by atoms with Crippen molar-refractivity contribution in [1.82, 2.24) is 0 Å². The molecule has 9 nitrogen and oxygen atoms in total. The summed E-state index contributed by atoms with van der Waals surface area (Å²) in [5.74, 6) is -2.66. The molecule has 0 amide bonds. The van der Waals surface area contributed by atoms with Gasteiger partial charge in [0.2, 0.25) is 0 Å². The van der Waals surface area contributed by atoms with Crippen LogP contribution in [0.1, 0.15) is 27.7 Å². The fourth-order valence-electron chi connectivity index (χ4n) is 1.19. The van der Waals surface area contributed by atoms with Crippen molar-refractivity contribution in [3.63, 3.8) is 0 Å². The topological polar surface area (TPSA) is 114 Å². The minimum atomic E-state index is -1.24. The van der Waals surface area contributed by atoms with Crippen LogP contribution in [0.4, 0.5) is 0 Å². The van der Waals surface area contributed by atoms with E-state index in [0.29, 0.717) is 0 Å². The van der Waals surface area contributed by atoms with Crippen molar-refractivity contribution in [3.05, 3.63) is 0 Å². The van der Waals surface area contributed by atoms with E-state index < -0.39 is 36.5 Å². The summed E-state index contributed by atoms with van der Waals surface area (Å²) in [4.78, 5) is 43.3. The smallest absolute Gasteiger partial charge is 0.305 e. The van der Waals surface area contributed by atoms with Gasteiger partial charge in [0.05, 0.1) is 0 Å². The minimum Gasteiger partial charge on any atom is -0.423 e. The highest BCUT2D eigenvalue weighted by atomic mass is 16.7. The Hall–Kier alpha value is -2.16. The Kier molecular flexibility index (Phi) is 8.70.